The van der Waals surface area contributed by atoms with Gasteiger partial charge in [-0.3, -0.25) is 19.6 Å². The minimum absolute atomic E-state index is 0.161. The van der Waals surface area contributed by atoms with E-state index in [1.54, 1.807) is 6.20 Å². The Balaban J connectivity index is 1.35. The molecule has 1 aliphatic heterocycles. The molecule has 2 aromatic rings. The lowest BCUT2D eigenvalue weighted by atomic mass is 10.2. The van der Waals surface area contributed by atoms with Gasteiger partial charge in [-0.25, -0.2) is 4.98 Å². The Morgan fingerprint density at radius 1 is 1.04 bits per heavy atom. The van der Waals surface area contributed by atoms with Gasteiger partial charge in [0.25, 0.3) is 5.91 Å². The van der Waals surface area contributed by atoms with E-state index in [1.807, 2.05) is 0 Å². The molecule has 0 atom stereocenters. The fraction of sp³-hybridized carbons (Fsp3) is 0.389. The number of aromatic nitrogens is 2. The third-order valence-electron chi connectivity index (χ3n) is 4.22. The van der Waals surface area contributed by atoms with E-state index in [0.29, 0.717) is 12.2 Å². The van der Waals surface area contributed by atoms with E-state index in [2.05, 4.69) is 55.4 Å². The number of benzene rings is 1. The number of amides is 1. The van der Waals surface area contributed by atoms with Gasteiger partial charge in [0, 0.05) is 58.2 Å². The number of piperazine rings is 1. The van der Waals surface area contributed by atoms with Crippen LogP contribution < -0.4 is 5.32 Å². The summed E-state index contributed by atoms with van der Waals surface area (Å²) in [6.07, 6.45) is 4.57. The molecule has 1 N–H and O–H groups in total. The Labute approximate surface area is 142 Å². The fourth-order valence-corrected chi connectivity index (χ4v) is 2.85. The van der Waals surface area contributed by atoms with Crippen LogP contribution in [0.2, 0.25) is 0 Å². The standard InChI is InChI=1S/C18H23N5O/c24-18(17-14-19-6-7-20-17)21-8-9-22-10-12-23(13-11-22)15-16-4-2-1-3-5-16/h1-7,14H,8-13,15H2,(H,21,24). The molecule has 24 heavy (non-hydrogen) atoms. The number of nitrogens with zero attached hydrogens (tertiary/aromatic N) is 4. The summed E-state index contributed by atoms with van der Waals surface area (Å²) in [6, 6.07) is 10.6. The summed E-state index contributed by atoms with van der Waals surface area (Å²) in [5, 5.41) is 2.90. The average molecular weight is 325 g/mol. The maximum absolute atomic E-state index is 11.9. The lowest BCUT2D eigenvalue weighted by molar-refractivity contribution is 0.0929. The van der Waals surface area contributed by atoms with Crippen molar-refractivity contribution in [2.45, 2.75) is 6.54 Å². The first-order valence-electron chi connectivity index (χ1n) is 8.34. The lowest BCUT2D eigenvalue weighted by Crippen LogP contribution is -2.48. The molecular formula is C18H23N5O. The van der Waals surface area contributed by atoms with Crippen LogP contribution in [0.4, 0.5) is 0 Å². The monoisotopic (exact) mass is 325 g/mol. The summed E-state index contributed by atoms with van der Waals surface area (Å²) in [4.78, 5) is 24.7. The molecule has 126 valence electrons. The van der Waals surface area contributed by atoms with Crippen LogP contribution in [0.5, 0.6) is 0 Å². The van der Waals surface area contributed by atoms with E-state index in [1.165, 1.54) is 18.0 Å². The predicted molar refractivity (Wildman–Crippen MR) is 92.5 cm³/mol. The third-order valence-corrected chi connectivity index (χ3v) is 4.22. The molecule has 1 fully saturated rings. The van der Waals surface area contributed by atoms with Gasteiger partial charge in [0.15, 0.2) is 0 Å². The highest BCUT2D eigenvalue weighted by Gasteiger charge is 2.17. The van der Waals surface area contributed by atoms with Crippen molar-refractivity contribution in [1.82, 2.24) is 25.1 Å². The van der Waals surface area contributed by atoms with Crippen molar-refractivity contribution in [1.29, 1.82) is 0 Å². The van der Waals surface area contributed by atoms with Crippen LogP contribution >= 0.6 is 0 Å². The van der Waals surface area contributed by atoms with Gasteiger partial charge in [0.05, 0.1) is 6.20 Å². The Morgan fingerprint density at radius 2 is 1.79 bits per heavy atom. The SMILES string of the molecule is O=C(NCCN1CCN(Cc2ccccc2)CC1)c1cnccn1. The fourth-order valence-electron chi connectivity index (χ4n) is 2.85. The first-order chi connectivity index (χ1) is 11.8. The maximum atomic E-state index is 11.9. The molecule has 0 aliphatic carbocycles. The summed E-state index contributed by atoms with van der Waals surface area (Å²) in [6.45, 7) is 6.71. The van der Waals surface area contributed by atoms with Gasteiger partial charge in [0.2, 0.25) is 0 Å². The zero-order chi connectivity index (χ0) is 16.6. The van der Waals surface area contributed by atoms with Gasteiger partial charge >= 0.3 is 0 Å². The second-order valence-corrected chi connectivity index (χ2v) is 5.95. The van der Waals surface area contributed by atoms with Gasteiger partial charge in [-0.15, -0.1) is 0 Å². The molecule has 1 amide bonds. The second-order valence-electron chi connectivity index (χ2n) is 5.95. The number of rotatable bonds is 6. The molecule has 1 aromatic carbocycles. The van der Waals surface area contributed by atoms with E-state index >= 15 is 0 Å². The summed E-state index contributed by atoms with van der Waals surface area (Å²) in [5.41, 5.74) is 1.73. The van der Waals surface area contributed by atoms with Gasteiger partial charge < -0.3 is 5.32 Å². The minimum Gasteiger partial charge on any atom is -0.349 e. The van der Waals surface area contributed by atoms with Crippen molar-refractivity contribution < 1.29 is 4.79 Å². The molecule has 2 heterocycles. The van der Waals surface area contributed by atoms with Gasteiger partial charge in [-0.05, 0) is 5.56 Å². The van der Waals surface area contributed by atoms with Crippen molar-refractivity contribution in [2.75, 3.05) is 39.3 Å². The van der Waals surface area contributed by atoms with Crippen LogP contribution in [-0.2, 0) is 6.54 Å². The summed E-state index contributed by atoms with van der Waals surface area (Å²) in [7, 11) is 0. The zero-order valence-electron chi connectivity index (χ0n) is 13.8. The molecule has 0 bridgehead atoms. The van der Waals surface area contributed by atoms with Crippen LogP contribution in [0, 0.1) is 0 Å². The summed E-state index contributed by atoms with van der Waals surface area (Å²) in [5.74, 6) is -0.161. The van der Waals surface area contributed by atoms with Crippen LogP contribution in [0.25, 0.3) is 0 Å². The largest absolute Gasteiger partial charge is 0.349 e. The van der Waals surface area contributed by atoms with Crippen molar-refractivity contribution >= 4 is 5.91 Å². The topological polar surface area (TPSA) is 61.4 Å². The molecule has 1 saturated heterocycles. The maximum Gasteiger partial charge on any atom is 0.271 e. The Kier molecular flexibility index (Phi) is 5.87. The van der Waals surface area contributed by atoms with Crippen LogP contribution in [-0.4, -0.2) is 64.9 Å². The molecule has 3 rings (SSSR count). The van der Waals surface area contributed by atoms with E-state index in [0.717, 1.165) is 39.3 Å². The van der Waals surface area contributed by atoms with Crippen molar-refractivity contribution in [3.05, 3.63) is 60.2 Å². The van der Waals surface area contributed by atoms with Crippen molar-refractivity contribution in [3.63, 3.8) is 0 Å². The van der Waals surface area contributed by atoms with Gasteiger partial charge in [0.1, 0.15) is 5.69 Å². The molecule has 0 spiro atoms. The third kappa shape index (κ3) is 4.84. The summed E-state index contributed by atoms with van der Waals surface area (Å²) < 4.78 is 0. The molecule has 6 nitrogen and oxygen atoms in total. The number of carbonyl (C=O) groups is 1. The Hall–Kier alpha value is -2.31. The van der Waals surface area contributed by atoms with Gasteiger partial charge in [-0.2, -0.15) is 0 Å². The molecule has 0 saturated carbocycles. The Bertz CT molecular complexity index is 626. The minimum atomic E-state index is -0.161. The number of hydrogen-bond acceptors (Lipinski definition) is 5. The lowest BCUT2D eigenvalue weighted by Gasteiger charge is -2.34. The number of carbonyl (C=O) groups excluding carboxylic acids is 1. The van der Waals surface area contributed by atoms with Crippen molar-refractivity contribution in [3.8, 4) is 0 Å². The molecule has 1 aromatic heterocycles. The van der Waals surface area contributed by atoms with Crippen molar-refractivity contribution in [2.24, 2.45) is 0 Å². The Morgan fingerprint density at radius 3 is 2.50 bits per heavy atom. The van der Waals surface area contributed by atoms with E-state index < -0.39 is 0 Å². The van der Waals surface area contributed by atoms with Gasteiger partial charge in [-0.1, -0.05) is 30.3 Å². The molecular weight excluding hydrogens is 302 g/mol. The number of nitrogens with one attached hydrogen (secondary N) is 1. The van der Waals surface area contributed by atoms with E-state index in [4.69, 9.17) is 0 Å². The predicted octanol–water partition coefficient (Wildman–Crippen LogP) is 1.02. The smallest absolute Gasteiger partial charge is 0.271 e. The van der Waals surface area contributed by atoms with E-state index in [-0.39, 0.29) is 5.91 Å². The van der Waals surface area contributed by atoms with Crippen LogP contribution in [0.1, 0.15) is 16.1 Å². The zero-order valence-corrected chi connectivity index (χ0v) is 13.8. The highest BCUT2D eigenvalue weighted by Crippen LogP contribution is 2.08. The first kappa shape index (κ1) is 16.5. The van der Waals surface area contributed by atoms with Crippen LogP contribution in [0.3, 0.4) is 0 Å². The summed E-state index contributed by atoms with van der Waals surface area (Å²) >= 11 is 0. The normalized spacial score (nSPS) is 16.0. The highest BCUT2D eigenvalue weighted by molar-refractivity contribution is 5.91. The highest BCUT2D eigenvalue weighted by atomic mass is 16.1. The quantitative estimate of drug-likeness (QED) is 0.859. The van der Waals surface area contributed by atoms with E-state index in [9.17, 15) is 4.79 Å². The molecule has 0 unspecified atom stereocenters. The first-order valence-corrected chi connectivity index (χ1v) is 8.34. The van der Waals surface area contributed by atoms with Crippen LogP contribution in [0.15, 0.2) is 48.9 Å². The molecule has 1 aliphatic rings. The average Bonchev–Trinajstić information content (AvgIpc) is 2.65. The second kappa shape index (κ2) is 8.52. The molecule has 6 heteroatoms. The molecule has 0 radical (unpaired) electrons. The number of hydrogen-bond donors (Lipinski definition) is 1.